The third-order valence-electron chi connectivity index (χ3n) is 3.00. The average Bonchev–Trinajstić information content (AvgIpc) is 2.92. The van der Waals surface area contributed by atoms with Gasteiger partial charge in [0.2, 0.25) is 5.91 Å². The Labute approximate surface area is 130 Å². The van der Waals surface area contributed by atoms with Crippen molar-refractivity contribution < 1.29 is 13.6 Å². The Hall–Kier alpha value is -2.34. The van der Waals surface area contributed by atoms with E-state index in [-0.39, 0.29) is 17.3 Å². The number of carbonyl (C=O) groups excluding carboxylic acids is 1. The molecular weight excluding hydrogens is 303 g/mol. The molecule has 6 heteroatoms. The van der Waals surface area contributed by atoms with Crippen LogP contribution in [-0.4, -0.2) is 16.6 Å². The summed E-state index contributed by atoms with van der Waals surface area (Å²) in [4.78, 5) is 16.2. The molecule has 0 aliphatic carbocycles. The highest BCUT2D eigenvalue weighted by molar-refractivity contribution is 7.99. The second-order valence-electron chi connectivity index (χ2n) is 4.77. The molecule has 0 atom stereocenters. The van der Waals surface area contributed by atoms with Gasteiger partial charge in [-0.25, -0.2) is 9.37 Å². The van der Waals surface area contributed by atoms with Crippen molar-refractivity contribution in [2.24, 2.45) is 0 Å². The van der Waals surface area contributed by atoms with Gasteiger partial charge in [-0.3, -0.25) is 4.79 Å². The fraction of sp³-hybridized carbons (Fsp3) is 0.125. The molecule has 0 aliphatic heterocycles. The molecule has 3 rings (SSSR count). The Morgan fingerprint density at radius 1 is 1.32 bits per heavy atom. The van der Waals surface area contributed by atoms with Crippen molar-refractivity contribution >= 4 is 34.5 Å². The highest BCUT2D eigenvalue weighted by atomic mass is 32.2. The summed E-state index contributed by atoms with van der Waals surface area (Å²) in [6, 6.07) is 12.0. The SMILES string of the molecule is Cc1ccc(F)c(NC(=O)CSc2nc3ccccc3o2)c1. The summed E-state index contributed by atoms with van der Waals surface area (Å²) in [5, 5.41) is 2.97. The Bertz CT molecular complexity index is 799. The Balaban J connectivity index is 1.63. The second kappa shape index (κ2) is 6.19. The summed E-state index contributed by atoms with van der Waals surface area (Å²) in [7, 11) is 0. The Morgan fingerprint density at radius 3 is 2.95 bits per heavy atom. The maximum atomic E-state index is 13.6. The quantitative estimate of drug-likeness (QED) is 0.739. The number of aryl methyl sites for hydroxylation is 1. The molecule has 1 amide bonds. The first-order valence-corrected chi connectivity index (χ1v) is 7.65. The molecule has 1 heterocycles. The van der Waals surface area contributed by atoms with Crippen molar-refractivity contribution in [2.75, 3.05) is 11.1 Å². The van der Waals surface area contributed by atoms with Crippen LogP contribution in [0.5, 0.6) is 0 Å². The highest BCUT2D eigenvalue weighted by Gasteiger charge is 2.11. The molecule has 3 aromatic rings. The van der Waals surface area contributed by atoms with Gasteiger partial charge in [-0.05, 0) is 36.8 Å². The van der Waals surface area contributed by atoms with Crippen LogP contribution in [0.2, 0.25) is 0 Å². The predicted octanol–water partition coefficient (Wildman–Crippen LogP) is 4.01. The Morgan fingerprint density at radius 2 is 2.14 bits per heavy atom. The lowest BCUT2D eigenvalue weighted by Gasteiger charge is -2.06. The van der Waals surface area contributed by atoms with Gasteiger partial charge in [-0.1, -0.05) is 30.0 Å². The minimum atomic E-state index is -0.453. The minimum absolute atomic E-state index is 0.0974. The van der Waals surface area contributed by atoms with Crippen LogP contribution in [-0.2, 0) is 4.79 Å². The van der Waals surface area contributed by atoms with Crippen LogP contribution in [0, 0.1) is 12.7 Å². The van der Waals surface area contributed by atoms with Gasteiger partial charge in [0.25, 0.3) is 5.22 Å². The van der Waals surface area contributed by atoms with Crippen molar-refractivity contribution in [3.05, 3.63) is 53.8 Å². The normalized spacial score (nSPS) is 10.8. The van der Waals surface area contributed by atoms with Gasteiger partial charge in [-0.2, -0.15) is 0 Å². The van der Waals surface area contributed by atoms with Crippen molar-refractivity contribution in [3.63, 3.8) is 0 Å². The number of fused-ring (bicyclic) bond motifs is 1. The van der Waals surface area contributed by atoms with Crippen molar-refractivity contribution in [1.29, 1.82) is 0 Å². The van der Waals surface area contributed by atoms with Gasteiger partial charge >= 0.3 is 0 Å². The number of hydrogen-bond acceptors (Lipinski definition) is 4. The molecule has 0 saturated carbocycles. The van der Waals surface area contributed by atoms with E-state index in [0.717, 1.165) is 11.1 Å². The maximum Gasteiger partial charge on any atom is 0.257 e. The van der Waals surface area contributed by atoms with E-state index in [4.69, 9.17) is 4.42 Å². The molecule has 0 radical (unpaired) electrons. The van der Waals surface area contributed by atoms with Crippen LogP contribution >= 0.6 is 11.8 Å². The summed E-state index contributed by atoms with van der Waals surface area (Å²) in [6.07, 6.45) is 0. The van der Waals surface area contributed by atoms with Crippen molar-refractivity contribution in [2.45, 2.75) is 12.1 Å². The van der Waals surface area contributed by atoms with Crippen LogP contribution < -0.4 is 5.32 Å². The van der Waals surface area contributed by atoms with Crippen LogP contribution in [0.1, 0.15) is 5.56 Å². The third kappa shape index (κ3) is 3.28. The lowest BCUT2D eigenvalue weighted by molar-refractivity contribution is -0.113. The molecule has 1 N–H and O–H groups in total. The number of carbonyl (C=O) groups is 1. The molecule has 22 heavy (non-hydrogen) atoms. The van der Waals surface area contributed by atoms with Gasteiger partial charge in [-0.15, -0.1) is 0 Å². The number of halogens is 1. The predicted molar refractivity (Wildman–Crippen MR) is 84.5 cm³/mol. The molecule has 4 nitrogen and oxygen atoms in total. The maximum absolute atomic E-state index is 13.6. The average molecular weight is 316 g/mol. The number of para-hydroxylation sites is 2. The van der Waals surface area contributed by atoms with E-state index in [1.165, 1.54) is 17.8 Å². The smallest absolute Gasteiger partial charge is 0.257 e. The molecule has 0 unspecified atom stereocenters. The van der Waals surface area contributed by atoms with Gasteiger partial charge in [0.15, 0.2) is 5.58 Å². The standard InChI is InChI=1S/C16H13FN2O2S/c1-10-6-7-11(17)13(8-10)18-15(20)9-22-16-19-12-4-2-3-5-14(12)21-16/h2-8H,9H2,1H3,(H,18,20). The summed E-state index contributed by atoms with van der Waals surface area (Å²) in [5.41, 5.74) is 2.48. The number of amides is 1. The topological polar surface area (TPSA) is 55.1 Å². The van der Waals surface area contributed by atoms with E-state index in [2.05, 4.69) is 10.3 Å². The molecule has 0 saturated heterocycles. The first-order chi connectivity index (χ1) is 10.6. The number of aromatic nitrogens is 1. The largest absolute Gasteiger partial charge is 0.431 e. The van der Waals surface area contributed by atoms with Gasteiger partial charge in [0, 0.05) is 0 Å². The number of oxazole rings is 1. The van der Waals surface area contributed by atoms with Crippen molar-refractivity contribution in [3.8, 4) is 0 Å². The van der Waals surface area contributed by atoms with Crippen LogP contribution in [0.25, 0.3) is 11.1 Å². The number of hydrogen-bond donors (Lipinski definition) is 1. The van der Waals surface area contributed by atoms with Crippen LogP contribution in [0.4, 0.5) is 10.1 Å². The fourth-order valence-corrected chi connectivity index (χ4v) is 2.60. The molecule has 1 aromatic heterocycles. The minimum Gasteiger partial charge on any atom is -0.431 e. The summed E-state index contributed by atoms with van der Waals surface area (Å²) in [6.45, 7) is 1.84. The molecule has 0 aliphatic rings. The lowest BCUT2D eigenvalue weighted by Crippen LogP contribution is -2.15. The van der Waals surface area contributed by atoms with E-state index in [0.29, 0.717) is 10.8 Å². The highest BCUT2D eigenvalue weighted by Crippen LogP contribution is 2.23. The van der Waals surface area contributed by atoms with E-state index in [1.54, 1.807) is 12.1 Å². The third-order valence-corrected chi connectivity index (χ3v) is 3.83. The molecule has 112 valence electrons. The van der Waals surface area contributed by atoms with E-state index >= 15 is 0 Å². The number of anilines is 1. The zero-order valence-electron chi connectivity index (χ0n) is 11.8. The summed E-state index contributed by atoms with van der Waals surface area (Å²) in [5.74, 6) is -0.664. The van der Waals surface area contributed by atoms with Gasteiger partial charge in [0.05, 0.1) is 11.4 Å². The van der Waals surface area contributed by atoms with Gasteiger partial charge < -0.3 is 9.73 Å². The lowest BCUT2D eigenvalue weighted by atomic mass is 10.2. The molecular formula is C16H13FN2O2S. The molecule has 0 spiro atoms. The van der Waals surface area contributed by atoms with Crippen LogP contribution in [0.15, 0.2) is 52.1 Å². The number of rotatable bonds is 4. The molecule has 2 aromatic carbocycles. The number of nitrogens with zero attached hydrogens (tertiary/aromatic N) is 1. The summed E-state index contributed by atoms with van der Waals surface area (Å²) < 4.78 is 19.1. The van der Waals surface area contributed by atoms with E-state index in [1.807, 2.05) is 31.2 Å². The fourth-order valence-electron chi connectivity index (χ4n) is 1.96. The zero-order chi connectivity index (χ0) is 15.5. The van der Waals surface area contributed by atoms with E-state index < -0.39 is 5.82 Å². The number of benzene rings is 2. The zero-order valence-corrected chi connectivity index (χ0v) is 12.6. The first-order valence-electron chi connectivity index (χ1n) is 6.66. The Kier molecular flexibility index (Phi) is 4.11. The van der Waals surface area contributed by atoms with Gasteiger partial charge in [0.1, 0.15) is 11.3 Å². The second-order valence-corrected chi connectivity index (χ2v) is 5.69. The monoisotopic (exact) mass is 316 g/mol. The summed E-state index contributed by atoms with van der Waals surface area (Å²) >= 11 is 1.17. The van der Waals surface area contributed by atoms with E-state index in [9.17, 15) is 9.18 Å². The number of nitrogens with one attached hydrogen (secondary N) is 1. The molecule has 0 bridgehead atoms. The van der Waals surface area contributed by atoms with Crippen molar-refractivity contribution in [1.82, 2.24) is 4.98 Å². The number of thioether (sulfide) groups is 1. The van der Waals surface area contributed by atoms with Crippen LogP contribution in [0.3, 0.4) is 0 Å². The first kappa shape index (κ1) is 14.6. The molecule has 0 fully saturated rings.